The van der Waals surface area contributed by atoms with Crippen LogP contribution >= 0.6 is 11.6 Å². The van der Waals surface area contributed by atoms with Crippen molar-refractivity contribution >= 4 is 11.6 Å². The summed E-state index contributed by atoms with van der Waals surface area (Å²) in [6.07, 6.45) is 2.82. The van der Waals surface area contributed by atoms with Gasteiger partial charge in [-0.2, -0.15) is 4.98 Å². The van der Waals surface area contributed by atoms with Gasteiger partial charge < -0.3 is 10.1 Å². The van der Waals surface area contributed by atoms with Crippen molar-refractivity contribution < 1.29 is 4.74 Å². The van der Waals surface area contributed by atoms with Gasteiger partial charge >= 0.3 is 0 Å². The van der Waals surface area contributed by atoms with E-state index in [0.717, 1.165) is 19.5 Å². The predicted molar refractivity (Wildman–Crippen MR) is 48.9 cm³/mol. The molecule has 2 rings (SSSR count). The molecular weight excluding hydrogens is 190 g/mol. The van der Waals surface area contributed by atoms with Crippen molar-refractivity contribution in [2.75, 3.05) is 13.1 Å². The molecule has 1 aromatic rings. The Bertz CT molecular complexity index is 288. The van der Waals surface area contributed by atoms with E-state index in [4.69, 9.17) is 16.3 Å². The molecule has 1 aromatic heterocycles. The average molecular weight is 200 g/mol. The highest BCUT2D eigenvalue weighted by Gasteiger charge is 2.16. The van der Waals surface area contributed by atoms with E-state index >= 15 is 0 Å². The lowest BCUT2D eigenvalue weighted by Crippen LogP contribution is -2.20. The Kier molecular flexibility index (Phi) is 2.61. The van der Waals surface area contributed by atoms with Crippen molar-refractivity contribution in [3.05, 3.63) is 17.5 Å². The third-order valence-corrected chi connectivity index (χ3v) is 2.09. The molecule has 4 nitrogen and oxygen atoms in total. The summed E-state index contributed by atoms with van der Waals surface area (Å²) in [4.78, 5) is 7.71. The van der Waals surface area contributed by atoms with Crippen LogP contribution in [0.1, 0.15) is 6.42 Å². The smallest absolute Gasteiger partial charge is 0.225 e. The van der Waals surface area contributed by atoms with Crippen molar-refractivity contribution in [2.45, 2.75) is 12.5 Å². The molecule has 0 radical (unpaired) electrons. The highest BCUT2D eigenvalue weighted by Crippen LogP contribution is 2.12. The number of nitrogens with one attached hydrogen (secondary N) is 1. The molecule has 1 fully saturated rings. The minimum absolute atomic E-state index is 0.214. The molecule has 0 unspecified atom stereocenters. The zero-order valence-electron chi connectivity index (χ0n) is 7.03. The summed E-state index contributed by atoms with van der Waals surface area (Å²) < 4.78 is 5.56. The zero-order chi connectivity index (χ0) is 9.10. The first-order valence-corrected chi connectivity index (χ1v) is 4.58. The normalized spacial score (nSPS) is 21.8. The SMILES string of the molecule is Clc1nccc(O[C@@H]2CCNC2)n1. The Balaban J connectivity index is 2.00. The van der Waals surface area contributed by atoms with Gasteiger partial charge in [-0.15, -0.1) is 0 Å². The van der Waals surface area contributed by atoms with Gasteiger partial charge in [-0.05, 0) is 24.6 Å². The molecule has 1 atom stereocenters. The number of halogens is 1. The molecule has 13 heavy (non-hydrogen) atoms. The quantitative estimate of drug-likeness (QED) is 0.719. The molecule has 5 heteroatoms. The molecule has 70 valence electrons. The topological polar surface area (TPSA) is 47.0 Å². The first kappa shape index (κ1) is 8.72. The first-order valence-electron chi connectivity index (χ1n) is 4.20. The molecular formula is C8H10ClN3O. The molecule has 1 saturated heterocycles. The Labute approximate surface area is 81.3 Å². The third-order valence-electron chi connectivity index (χ3n) is 1.90. The summed E-state index contributed by atoms with van der Waals surface area (Å²) in [6, 6.07) is 1.71. The van der Waals surface area contributed by atoms with Gasteiger partial charge in [0.15, 0.2) is 0 Å². The number of nitrogens with zero attached hydrogens (tertiary/aromatic N) is 2. The van der Waals surface area contributed by atoms with Crippen LogP contribution in [0.3, 0.4) is 0 Å². The second-order valence-corrected chi connectivity index (χ2v) is 3.23. The second-order valence-electron chi connectivity index (χ2n) is 2.90. The monoisotopic (exact) mass is 199 g/mol. The van der Waals surface area contributed by atoms with E-state index in [1.807, 2.05) is 0 Å². The maximum Gasteiger partial charge on any atom is 0.225 e. The Hall–Kier alpha value is -0.870. The lowest BCUT2D eigenvalue weighted by atomic mass is 10.3. The summed E-state index contributed by atoms with van der Waals surface area (Å²) in [5.41, 5.74) is 0. The number of hydrogen-bond acceptors (Lipinski definition) is 4. The average Bonchev–Trinajstić information content (AvgIpc) is 2.57. The van der Waals surface area contributed by atoms with Gasteiger partial charge in [-0.1, -0.05) is 0 Å². The van der Waals surface area contributed by atoms with Crippen LogP contribution in [0.2, 0.25) is 5.28 Å². The number of aromatic nitrogens is 2. The fraction of sp³-hybridized carbons (Fsp3) is 0.500. The summed E-state index contributed by atoms with van der Waals surface area (Å²) in [5, 5.41) is 3.43. The molecule has 1 aliphatic rings. The molecule has 0 spiro atoms. The van der Waals surface area contributed by atoms with Crippen LogP contribution in [0, 0.1) is 0 Å². The molecule has 0 amide bonds. The maximum absolute atomic E-state index is 5.61. The lowest BCUT2D eigenvalue weighted by molar-refractivity contribution is 0.213. The van der Waals surface area contributed by atoms with Crippen LogP contribution in [0.25, 0.3) is 0 Å². The van der Waals surface area contributed by atoms with Crippen LogP contribution in [0.15, 0.2) is 12.3 Å². The van der Waals surface area contributed by atoms with Gasteiger partial charge in [0.05, 0.1) is 0 Å². The molecule has 1 N–H and O–H groups in total. The summed E-state index contributed by atoms with van der Waals surface area (Å²) in [7, 11) is 0. The van der Waals surface area contributed by atoms with Crippen LogP contribution in [0.4, 0.5) is 0 Å². The molecule has 1 aliphatic heterocycles. The molecule has 0 aromatic carbocycles. The first-order chi connectivity index (χ1) is 6.34. The van der Waals surface area contributed by atoms with Crippen molar-refractivity contribution in [2.24, 2.45) is 0 Å². The van der Waals surface area contributed by atoms with Crippen molar-refractivity contribution in [1.29, 1.82) is 0 Å². The Morgan fingerprint density at radius 3 is 3.23 bits per heavy atom. The minimum atomic E-state index is 0.214. The van der Waals surface area contributed by atoms with Gasteiger partial charge in [0.25, 0.3) is 0 Å². The molecule has 0 aliphatic carbocycles. The van der Waals surface area contributed by atoms with Crippen molar-refractivity contribution in [3.63, 3.8) is 0 Å². The van der Waals surface area contributed by atoms with E-state index in [-0.39, 0.29) is 11.4 Å². The Morgan fingerprint density at radius 1 is 1.62 bits per heavy atom. The van der Waals surface area contributed by atoms with Gasteiger partial charge in [-0.25, -0.2) is 4.98 Å². The maximum atomic E-state index is 5.61. The zero-order valence-corrected chi connectivity index (χ0v) is 7.79. The lowest BCUT2D eigenvalue weighted by Gasteiger charge is -2.10. The molecule has 0 bridgehead atoms. The summed E-state index contributed by atoms with van der Waals surface area (Å²) in [5.74, 6) is 0.550. The van der Waals surface area contributed by atoms with E-state index in [1.54, 1.807) is 12.3 Å². The van der Waals surface area contributed by atoms with E-state index < -0.39 is 0 Å². The number of rotatable bonds is 2. The van der Waals surface area contributed by atoms with E-state index in [1.165, 1.54) is 0 Å². The fourth-order valence-corrected chi connectivity index (χ4v) is 1.42. The van der Waals surface area contributed by atoms with Gasteiger partial charge in [0, 0.05) is 18.8 Å². The van der Waals surface area contributed by atoms with E-state index in [2.05, 4.69) is 15.3 Å². The highest BCUT2D eigenvalue weighted by molar-refractivity contribution is 6.28. The third kappa shape index (κ3) is 2.29. The fourth-order valence-electron chi connectivity index (χ4n) is 1.28. The molecule has 2 heterocycles. The minimum Gasteiger partial charge on any atom is -0.473 e. The number of ether oxygens (including phenoxy) is 1. The van der Waals surface area contributed by atoms with Crippen LogP contribution < -0.4 is 10.1 Å². The van der Waals surface area contributed by atoms with E-state index in [9.17, 15) is 0 Å². The van der Waals surface area contributed by atoms with Crippen LogP contribution in [-0.2, 0) is 0 Å². The van der Waals surface area contributed by atoms with Gasteiger partial charge in [0.2, 0.25) is 11.2 Å². The Morgan fingerprint density at radius 2 is 2.54 bits per heavy atom. The largest absolute Gasteiger partial charge is 0.473 e. The number of hydrogen-bond donors (Lipinski definition) is 1. The van der Waals surface area contributed by atoms with Crippen LogP contribution in [0.5, 0.6) is 5.88 Å². The van der Waals surface area contributed by atoms with Crippen molar-refractivity contribution in [3.8, 4) is 5.88 Å². The summed E-state index contributed by atoms with van der Waals surface area (Å²) >= 11 is 5.61. The van der Waals surface area contributed by atoms with Gasteiger partial charge in [0.1, 0.15) is 6.10 Å². The highest BCUT2D eigenvalue weighted by atomic mass is 35.5. The second kappa shape index (κ2) is 3.89. The van der Waals surface area contributed by atoms with Crippen LogP contribution in [-0.4, -0.2) is 29.2 Å². The summed E-state index contributed by atoms with van der Waals surface area (Å²) in [6.45, 7) is 1.88. The van der Waals surface area contributed by atoms with E-state index in [0.29, 0.717) is 5.88 Å². The predicted octanol–water partition coefficient (Wildman–Crippen LogP) is 0.871. The van der Waals surface area contributed by atoms with Gasteiger partial charge in [-0.3, -0.25) is 0 Å². The molecule has 0 saturated carbocycles. The van der Waals surface area contributed by atoms with Crippen molar-refractivity contribution in [1.82, 2.24) is 15.3 Å². The standard InChI is InChI=1S/C8H10ClN3O/c9-8-11-4-2-7(12-8)13-6-1-3-10-5-6/h2,4,6,10H,1,3,5H2/t6-/m1/s1.